The number of benzene rings is 2. The van der Waals surface area contributed by atoms with Gasteiger partial charge in [0.2, 0.25) is 0 Å². The molecule has 106 valence electrons. The van der Waals surface area contributed by atoms with E-state index in [0.29, 0.717) is 13.2 Å². The van der Waals surface area contributed by atoms with Crippen molar-refractivity contribution in [3.8, 4) is 11.5 Å². The molecule has 0 heterocycles. The van der Waals surface area contributed by atoms with Crippen molar-refractivity contribution < 1.29 is 14.6 Å². The van der Waals surface area contributed by atoms with Gasteiger partial charge in [-0.3, -0.25) is 0 Å². The number of aliphatic hydroxyl groups is 1. The summed E-state index contributed by atoms with van der Waals surface area (Å²) in [6.07, 6.45) is 0. The molecule has 0 aliphatic heterocycles. The van der Waals surface area contributed by atoms with Crippen molar-refractivity contribution in [1.82, 2.24) is 0 Å². The summed E-state index contributed by atoms with van der Waals surface area (Å²) in [5.41, 5.74) is 0. The van der Waals surface area contributed by atoms with Gasteiger partial charge in [-0.1, -0.05) is 17.8 Å². The maximum absolute atomic E-state index is 8.76. The standard InChI is InChI=1S/C16H18O3S/c1-2-18-13-6-8-15(9-7-13)20-16-5-3-4-14(12-16)19-11-10-17/h3-9,12,17H,2,10-11H2,1H3. The summed E-state index contributed by atoms with van der Waals surface area (Å²) in [6.45, 7) is 2.99. The second-order valence-corrected chi connectivity index (χ2v) is 5.20. The summed E-state index contributed by atoms with van der Waals surface area (Å²) >= 11 is 1.66. The molecule has 0 bridgehead atoms. The van der Waals surface area contributed by atoms with Crippen LogP contribution in [-0.2, 0) is 0 Å². The van der Waals surface area contributed by atoms with E-state index in [0.717, 1.165) is 21.3 Å². The molecule has 1 N–H and O–H groups in total. The molecule has 2 aromatic carbocycles. The number of ether oxygens (including phenoxy) is 2. The van der Waals surface area contributed by atoms with Gasteiger partial charge in [-0.25, -0.2) is 0 Å². The zero-order valence-electron chi connectivity index (χ0n) is 11.4. The average molecular weight is 290 g/mol. The van der Waals surface area contributed by atoms with E-state index in [-0.39, 0.29) is 6.61 Å². The van der Waals surface area contributed by atoms with Crippen LogP contribution in [-0.4, -0.2) is 24.9 Å². The lowest BCUT2D eigenvalue weighted by atomic mass is 10.3. The smallest absolute Gasteiger partial charge is 0.120 e. The monoisotopic (exact) mass is 290 g/mol. The van der Waals surface area contributed by atoms with Crippen LogP contribution in [0.15, 0.2) is 58.3 Å². The molecule has 0 spiro atoms. The van der Waals surface area contributed by atoms with E-state index in [1.165, 1.54) is 0 Å². The Hall–Kier alpha value is -1.65. The molecule has 20 heavy (non-hydrogen) atoms. The van der Waals surface area contributed by atoms with Crippen LogP contribution in [0.1, 0.15) is 6.92 Å². The molecular weight excluding hydrogens is 272 g/mol. The molecule has 0 saturated heterocycles. The molecule has 0 saturated carbocycles. The molecule has 0 amide bonds. The van der Waals surface area contributed by atoms with Crippen LogP contribution in [0.3, 0.4) is 0 Å². The first-order valence-corrected chi connectivity index (χ1v) is 7.38. The molecule has 0 aliphatic rings. The quantitative estimate of drug-likeness (QED) is 0.845. The third kappa shape index (κ3) is 4.47. The normalized spacial score (nSPS) is 10.3. The Morgan fingerprint density at radius 2 is 1.75 bits per heavy atom. The highest BCUT2D eigenvalue weighted by molar-refractivity contribution is 7.99. The van der Waals surface area contributed by atoms with Crippen LogP contribution in [0.5, 0.6) is 11.5 Å². The maximum Gasteiger partial charge on any atom is 0.120 e. The first-order chi connectivity index (χ1) is 9.81. The Bertz CT molecular complexity index is 526. The Morgan fingerprint density at radius 1 is 0.950 bits per heavy atom. The molecule has 0 atom stereocenters. The van der Waals surface area contributed by atoms with Gasteiger partial charge in [0.1, 0.15) is 18.1 Å². The summed E-state index contributed by atoms with van der Waals surface area (Å²) in [6, 6.07) is 15.9. The van der Waals surface area contributed by atoms with Gasteiger partial charge in [0.15, 0.2) is 0 Å². The number of hydrogen-bond donors (Lipinski definition) is 1. The second kappa shape index (κ2) is 7.82. The van der Waals surface area contributed by atoms with Gasteiger partial charge in [-0.05, 0) is 49.4 Å². The van der Waals surface area contributed by atoms with E-state index in [4.69, 9.17) is 14.6 Å². The van der Waals surface area contributed by atoms with Gasteiger partial charge < -0.3 is 14.6 Å². The molecular formula is C16H18O3S. The van der Waals surface area contributed by atoms with Crippen LogP contribution < -0.4 is 9.47 Å². The predicted octanol–water partition coefficient (Wildman–Crippen LogP) is 3.61. The Labute approximate surface area is 123 Å². The molecule has 0 radical (unpaired) electrons. The molecule has 2 rings (SSSR count). The molecule has 0 fully saturated rings. The van der Waals surface area contributed by atoms with Crippen molar-refractivity contribution in [3.05, 3.63) is 48.5 Å². The van der Waals surface area contributed by atoms with Crippen molar-refractivity contribution >= 4 is 11.8 Å². The second-order valence-electron chi connectivity index (χ2n) is 4.05. The number of rotatable bonds is 7. The lowest BCUT2D eigenvalue weighted by Crippen LogP contribution is -2.01. The van der Waals surface area contributed by atoms with Gasteiger partial charge in [0.25, 0.3) is 0 Å². The predicted molar refractivity (Wildman–Crippen MR) is 80.8 cm³/mol. The zero-order chi connectivity index (χ0) is 14.2. The third-order valence-corrected chi connectivity index (χ3v) is 3.53. The van der Waals surface area contributed by atoms with E-state index in [1.807, 2.05) is 55.5 Å². The van der Waals surface area contributed by atoms with E-state index in [1.54, 1.807) is 11.8 Å². The summed E-state index contributed by atoms with van der Waals surface area (Å²) in [7, 11) is 0. The summed E-state index contributed by atoms with van der Waals surface area (Å²) in [5, 5.41) is 8.76. The maximum atomic E-state index is 8.76. The third-order valence-electron chi connectivity index (χ3n) is 2.54. The molecule has 0 aromatic heterocycles. The van der Waals surface area contributed by atoms with Crippen LogP contribution in [0.25, 0.3) is 0 Å². The molecule has 4 heteroatoms. The summed E-state index contributed by atoms with van der Waals surface area (Å²) < 4.78 is 10.8. The Morgan fingerprint density at radius 3 is 2.45 bits per heavy atom. The fourth-order valence-electron chi connectivity index (χ4n) is 1.70. The zero-order valence-corrected chi connectivity index (χ0v) is 12.2. The van der Waals surface area contributed by atoms with Crippen molar-refractivity contribution in [2.45, 2.75) is 16.7 Å². The van der Waals surface area contributed by atoms with Crippen LogP contribution >= 0.6 is 11.8 Å². The highest BCUT2D eigenvalue weighted by atomic mass is 32.2. The van der Waals surface area contributed by atoms with Gasteiger partial charge in [-0.15, -0.1) is 0 Å². The number of aliphatic hydroxyl groups excluding tert-OH is 1. The highest BCUT2D eigenvalue weighted by Gasteiger charge is 2.01. The van der Waals surface area contributed by atoms with Gasteiger partial charge in [0, 0.05) is 9.79 Å². The van der Waals surface area contributed by atoms with Crippen LogP contribution in [0, 0.1) is 0 Å². The van der Waals surface area contributed by atoms with Gasteiger partial charge >= 0.3 is 0 Å². The van der Waals surface area contributed by atoms with E-state index in [9.17, 15) is 0 Å². The molecule has 0 unspecified atom stereocenters. The van der Waals surface area contributed by atoms with Crippen molar-refractivity contribution in [2.75, 3.05) is 19.8 Å². The van der Waals surface area contributed by atoms with Gasteiger partial charge in [-0.2, -0.15) is 0 Å². The van der Waals surface area contributed by atoms with Crippen molar-refractivity contribution in [3.63, 3.8) is 0 Å². The minimum Gasteiger partial charge on any atom is -0.494 e. The lowest BCUT2D eigenvalue weighted by molar-refractivity contribution is 0.201. The topological polar surface area (TPSA) is 38.7 Å². The average Bonchev–Trinajstić information content (AvgIpc) is 2.48. The molecule has 0 aliphatic carbocycles. The van der Waals surface area contributed by atoms with Crippen LogP contribution in [0.2, 0.25) is 0 Å². The SMILES string of the molecule is CCOc1ccc(Sc2cccc(OCCO)c2)cc1. The van der Waals surface area contributed by atoms with E-state index < -0.39 is 0 Å². The summed E-state index contributed by atoms with van der Waals surface area (Å²) in [4.78, 5) is 2.25. The van der Waals surface area contributed by atoms with E-state index in [2.05, 4.69) is 0 Å². The largest absolute Gasteiger partial charge is 0.494 e. The molecule has 2 aromatic rings. The van der Waals surface area contributed by atoms with Gasteiger partial charge in [0.05, 0.1) is 13.2 Å². The fraction of sp³-hybridized carbons (Fsp3) is 0.250. The minimum atomic E-state index is 0.0241. The summed E-state index contributed by atoms with van der Waals surface area (Å²) in [5.74, 6) is 1.66. The van der Waals surface area contributed by atoms with E-state index >= 15 is 0 Å². The fourth-order valence-corrected chi connectivity index (χ4v) is 2.56. The number of hydrogen-bond acceptors (Lipinski definition) is 4. The van der Waals surface area contributed by atoms with Crippen molar-refractivity contribution in [2.24, 2.45) is 0 Å². The molecule has 3 nitrogen and oxygen atoms in total. The van der Waals surface area contributed by atoms with Crippen molar-refractivity contribution in [1.29, 1.82) is 0 Å². The lowest BCUT2D eigenvalue weighted by Gasteiger charge is -2.07. The van der Waals surface area contributed by atoms with Crippen LogP contribution in [0.4, 0.5) is 0 Å². The first kappa shape index (κ1) is 14.8. The minimum absolute atomic E-state index is 0.0241. The first-order valence-electron chi connectivity index (χ1n) is 6.56. The highest BCUT2D eigenvalue weighted by Crippen LogP contribution is 2.31. The Kier molecular flexibility index (Phi) is 5.77. The Balaban J connectivity index is 2.01.